The number of hydrogen-bond acceptors (Lipinski definition) is 2. The summed E-state index contributed by atoms with van der Waals surface area (Å²) in [5.74, 6) is 0. The number of aliphatic hydroxyl groups is 1. The summed E-state index contributed by atoms with van der Waals surface area (Å²) in [4.78, 5) is 2.32. The first-order chi connectivity index (χ1) is 10.1. The van der Waals surface area contributed by atoms with Crippen LogP contribution in [-0.4, -0.2) is 35.7 Å². The molecule has 0 bridgehead atoms. The second-order valence-corrected chi connectivity index (χ2v) is 7.34. The quantitative estimate of drug-likeness (QED) is 0.445. The van der Waals surface area contributed by atoms with Gasteiger partial charge >= 0.3 is 0 Å². The number of hydrogen-bond donors (Lipinski definition) is 1. The van der Waals surface area contributed by atoms with Crippen LogP contribution in [0.4, 0.5) is 0 Å². The molecule has 0 aromatic heterocycles. The Morgan fingerprint density at radius 2 is 1.38 bits per heavy atom. The third-order valence-electron chi connectivity index (χ3n) is 5.56. The molecule has 21 heavy (non-hydrogen) atoms. The maximum absolute atomic E-state index is 10.8. The van der Waals surface area contributed by atoms with Crippen LogP contribution >= 0.6 is 0 Å². The maximum atomic E-state index is 10.8. The lowest BCUT2D eigenvalue weighted by Gasteiger charge is -2.43. The van der Waals surface area contributed by atoms with Crippen molar-refractivity contribution in [3.63, 3.8) is 0 Å². The molecule has 0 aliphatic heterocycles. The van der Waals surface area contributed by atoms with E-state index < -0.39 is 0 Å². The first-order valence-corrected chi connectivity index (χ1v) is 9.49. The molecule has 2 heteroatoms. The van der Waals surface area contributed by atoms with Gasteiger partial charge in [-0.25, -0.2) is 0 Å². The molecular formula is C19H39NO. The number of nitrogens with zero attached hydrogens (tertiary/aromatic N) is 1. The summed E-state index contributed by atoms with van der Waals surface area (Å²) in [5.41, 5.74) is 0.0543. The van der Waals surface area contributed by atoms with Crippen LogP contribution < -0.4 is 0 Å². The highest BCUT2D eigenvalue weighted by Crippen LogP contribution is 2.35. The Labute approximate surface area is 133 Å². The van der Waals surface area contributed by atoms with E-state index >= 15 is 0 Å². The van der Waals surface area contributed by atoms with Crippen LogP contribution in [-0.2, 0) is 0 Å². The molecule has 126 valence electrons. The van der Waals surface area contributed by atoms with Gasteiger partial charge < -0.3 is 10.0 Å². The largest absolute Gasteiger partial charge is 0.391 e. The van der Waals surface area contributed by atoms with E-state index in [2.05, 4.69) is 25.9 Å². The fraction of sp³-hybridized carbons (Fsp3) is 1.00. The van der Waals surface area contributed by atoms with E-state index in [1.54, 1.807) is 0 Å². The van der Waals surface area contributed by atoms with Gasteiger partial charge in [0.2, 0.25) is 0 Å². The van der Waals surface area contributed by atoms with Crippen LogP contribution in [0.3, 0.4) is 0 Å². The third-order valence-corrected chi connectivity index (χ3v) is 5.56. The Morgan fingerprint density at radius 3 is 1.90 bits per heavy atom. The van der Waals surface area contributed by atoms with E-state index in [0.29, 0.717) is 0 Å². The molecule has 1 rings (SSSR count). The number of unbranched alkanes of at least 4 members (excludes halogenated alkanes) is 6. The zero-order chi connectivity index (χ0) is 15.6. The maximum Gasteiger partial charge on any atom is 0.0723 e. The third kappa shape index (κ3) is 6.28. The van der Waals surface area contributed by atoms with E-state index in [1.165, 1.54) is 83.5 Å². The summed E-state index contributed by atoms with van der Waals surface area (Å²) in [6, 6.07) is 0. The van der Waals surface area contributed by atoms with Crippen molar-refractivity contribution in [1.82, 2.24) is 4.90 Å². The van der Waals surface area contributed by atoms with Gasteiger partial charge in [0.15, 0.2) is 0 Å². The lowest BCUT2D eigenvalue weighted by atomic mass is 9.81. The molecule has 0 aromatic carbocycles. The van der Waals surface area contributed by atoms with Crippen molar-refractivity contribution in [2.75, 3.05) is 14.1 Å². The van der Waals surface area contributed by atoms with Gasteiger partial charge in [-0.1, -0.05) is 77.6 Å². The number of rotatable bonds is 10. The zero-order valence-corrected chi connectivity index (χ0v) is 14.9. The fourth-order valence-electron chi connectivity index (χ4n) is 3.98. The second-order valence-electron chi connectivity index (χ2n) is 7.34. The normalized spacial score (nSPS) is 20.4. The smallest absolute Gasteiger partial charge is 0.0723 e. The lowest BCUT2D eigenvalue weighted by Crippen LogP contribution is -2.53. The first-order valence-electron chi connectivity index (χ1n) is 9.49. The second kappa shape index (κ2) is 10.6. The molecule has 0 saturated heterocycles. The van der Waals surface area contributed by atoms with Gasteiger partial charge in [0.25, 0.3) is 0 Å². The summed E-state index contributed by atoms with van der Waals surface area (Å²) in [5, 5.41) is 10.8. The van der Waals surface area contributed by atoms with Crippen LogP contribution in [0.15, 0.2) is 0 Å². The molecule has 1 fully saturated rings. The molecule has 0 aromatic rings. The van der Waals surface area contributed by atoms with Crippen LogP contribution in [0, 0.1) is 0 Å². The lowest BCUT2D eigenvalue weighted by molar-refractivity contribution is -0.0235. The van der Waals surface area contributed by atoms with Crippen molar-refractivity contribution >= 4 is 0 Å². The standard InChI is InChI=1S/C19H39NO/c1-4-5-6-7-8-9-12-15-18(21)19(20(2)3)16-13-10-11-14-17-19/h18,21H,4-17H2,1-3H3. The van der Waals surface area contributed by atoms with Crippen molar-refractivity contribution < 1.29 is 5.11 Å². The van der Waals surface area contributed by atoms with E-state index in [1.807, 2.05) is 0 Å². The number of aliphatic hydroxyl groups excluding tert-OH is 1. The van der Waals surface area contributed by atoms with Crippen LogP contribution in [0.2, 0.25) is 0 Å². The summed E-state index contributed by atoms with van der Waals surface area (Å²) in [7, 11) is 4.33. The molecule has 1 unspecified atom stereocenters. The van der Waals surface area contributed by atoms with Gasteiger partial charge in [-0.3, -0.25) is 0 Å². The summed E-state index contributed by atoms with van der Waals surface area (Å²) in [6.45, 7) is 2.27. The minimum atomic E-state index is -0.138. The Balaban J connectivity index is 2.31. The minimum absolute atomic E-state index is 0.0543. The molecule has 1 saturated carbocycles. The van der Waals surface area contributed by atoms with Crippen LogP contribution in [0.5, 0.6) is 0 Å². The molecule has 1 aliphatic rings. The highest BCUT2D eigenvalue weighted by atomic mass is 16.3. The Kier molecular flexibility index (Phi) is 9.59. The summed E-state index contributed by atoms with van der Waals surface area (Å²) < 4.78 is 0. The van der Waals surface area contributed by atoms with Crippen molar-refractivity contribution in [2.24, 2.45) is 0 Å². The average molecular weight is 298 g/mol. The highest BCUT2D eigenvalue weighted by molar-refractivity contribution is 4.95. The minimum Gasteiger partial charge on any atom is -0.391 e. The molecular weight excluding hydrogens is 258 g/mol. The highest BCUT2D eigenvalue weighted by Gasteiger charge is 2.39. The molecule has 0 heterocycles. The van der Waals surface area contributed by atoms with Crippen LogP contribution in [0.25, 0.3) is 0 Å². The van der Waals surface area contributed by atoms with Gasteiger partial charge in [0, 0.05) is 5.54 Å². The van der Waals surface area contributed by atoms with Crippen LogP contribution in [0.1, 0.15) is 96.8 Å². The van der Waals surface area contributed by atoms with Gasteiger partial charge in [-0.2, -0.15) is 0 Å². The molecule has 0 radical (unpaired) electrons. The Bertz CT molecular complexity index is 244. The zero-order valence-electron chi connectivity index (χ0n) is 14.9. The van der Waals surface area contributed by atoms with Gasteiger partial charge in [0.05, 0.1) is 6.10 Å². The van der Waals surface area contributed by atoms with E-state index in [4.69, 9.17) is 0 Å². The average Bonchev–Trinajstić information content (AvgIpc) is 2.73. The molecule has 0 amide bonds. The van der Waals surface area contributed by atoms with Gasteiger partial charge in [-0.15, -0.1) is 0 Å². The monoisotopic (exact) mass is 297 g/mol. The molecule has 0 spiro atoms. The van der Waals surface area contributed by atoms with Gasteiger partial charge in [-0.05, 0) is 33.4 Å². The van der Waals surface area contributed by atoms with Crippen molar-refractivity contribution in [1.29, 1.82) is 0 Å². The predicted molar refractivity (Wildman–Crippen MR) is 92.7 cm³/mol. The molecule has 2 nitrogen and oxygen atoms in total. The number of likely N-dealkylation sites (N-methyl/N-ethyl adjacent to an activating group) is 1. The Morgan fingerprint density at radius 1 is 0.857 bits per heavy atom. The molecule has 1 N–H and O–H groups in total. The van der Waals surface area contributed by atoms with E-state index in [0.717, 1.165) is 6.42 Å². The van der Waals surface area contributed by atoms with Crippen molar-refractivity contribution in [2.45, 2.75) is 108 Å². The Hall–Kier alpha value is -0.0800. The van der Waals surface area contributed by atoms with Crippen molar-refractivity contribution in [3.05, 3.63) is 0 Å². The van der Waals surface area contributed by atoms with Gasteiger partial charge in [0.1, 0.15) is 0 Å². The van der Waals surface area contributed by atoms with E-state index in [-0.39, 0.29) is 11.6 Å². The SMILES string of the molecule is CCCCCCCCCC(O)C1(N(C)C)CCCCCC1. The predicted octanol–water partition coefficient (Wildman–Crippen LogP) is 5.14. The molecule has 1 atom stereocenters. The topological polar surface area (TPSA) is 23.5 Å². The fourth-order valence-corrected chi connectivity index (χ4v) is 3.98. The van der Waals surface area contributed by atoms with Crippen molar-refractivity contribution in [3.8, 4) is 0 Å². The summed E-state index contributed by atoms with van der Waals surface area (Å²) >= 11 is 0. The molecule has 1 aliphatic carbocycles. The first kappa shape index (κ1) is 19.0. The summed E-state index contributed by atoms with van der Waals surface area (Å²) in [6.07, 6.45) is 17.8. The van der Waals surface area contributed by atoms with E-state index in [9.17, 15) is 5.11 Å².